The molecular weight excluding hydrogens is 264 g/mol. The van der Waals surface area contributed by atoms with Gasteiger partial charge in [0.25, 0.3) is 0 Å². The minimum absolute atomic E-state index is 0.245. The Bertz CT molecular complexity index is 537. The number of nitrogens with one attached hydrogen (secondary N) is 2. The molecule has 0 aromatic heterocycles. The molecule has 0 spiro atoms. The van der Waals surface area contributed by atoms with Crippen molar-refractivity contribution in [2.24, 2.45) is 0 Å². The fraction of sp³-hybridized carbons (Fsp3) is 0.538. The molecule has 2 rings (SSSR count). The third kappa shape index (κ3) is 3.46. The van der Waals surface area contributed by atoms with Gasteiger partial charge in [0, 0.05) is 12.6 Å². The highest BCUT2D eigenvalue weighted by atomic mass is 32.2. The van der Waals surface area contributed by atoms with E-state index in [9.17, 15) is 8.42 Å². The molecule has 5 nitrogen and oxygen atoms in total. The molecule has 0 unspecified atom stereocenters. The fourth-order valence-corrected chi connectivity index (χ4v) is 3.41. The second kappa shape index (κ2) is 5.90. The van der Waals surface area contributed by atoms with Crippen LogP contribution in [0.5, 0.6) is 5.75 Å². The van der Waals surface area contributed by atoms with E-state index in [2.05, 4.69) is 10.0 Å². The van der Waals surface area contributed by atoms with E-state index in [0.29, 0.717) is 12.3 Å². The van der Waals surface area contributed by atoms with E-state index in [0.717, 1.165) is 24.9 Å². The first-order valence-corrected chi connectivity index (χ1v) is 7.89. The Labute approximate surface area is 114 Å². The van der Waals surface area contributed by atoms with Gasteiger partial charge in [-0.05, 0) is 50.1 Å². The summed E-state index contributed by atoms with van der Waals surface area (Å²) in [6.07, 6.45) is 2.12. The molecule has 1 aliphatic heterocycles. The Morgan fingerprint density at radius 2 is 2.26 bits per heavy atom. The molecule has 0 saturated carbocycles. The molecule has 0 amide bonds. The van der Waals surface area contributed by atoms with E-state index >= 15 is 0 Å². The van der Waals surface area contributed by atoms with Gasteiger partial charge in [-0.3, -0.25) is 0 Å². The Morgan fingerprint density at radius 3 is 2.84 bits per heavy atom. The second-order valence-electron chi connectivity index (χ2n) is 4.78. The van der Waals surface area contributed by atoms with E-state index in [1.807, 2.05) is 6.92 Å². The molecule has 19 heavy (non-hydrogen) atoms. The molecule has 6 heteroatoms. The van der Waals surface area contributed by atoms with Crippen LogP contribution < -0.4 is 14.8 Å². The molecule has 1 aromatic carbocycles. The summed E-state index contributed by atoms with van der Waals surface area (Å²) in [7, 11) is -1.87. The van der Waals surface area contributed by atoms with Crippen molar-refractivity contribution in [3.05, 3.63) is 23.8 Å². The number of hydrogen-bond acceptors (Lipinski definition) is 4. The average Bonchev–Trinajstić information content (AvgIpc) is 2.89. The summed E-state index contributed by atoms with van der Waals surface area (Å²) >= 11 is 0. The molecule has 0 aliphatic carbocycles. The maximum Gasteiger partial charge on any atom is 0.240 e. The molecule has 1 aromatic rings. The van der Waals surface area contributed by atoms with Crippen LogP contribution in [-0.4, -0.2) is 34.7 Å². The lowest BCUT2D eigenvalue weighted by Crippen LogP contribution is -2.37. The van der Waals surface area contributed by atoms with Crippen LogP contribution in [0.3, 0.4) is 0 Å². The van der Waals surface area contributed by atoms with Gasteiger partial charge in [0.2, 0.25) is 10.0 Å². The minimum Gasteiger partial charge on any atom is -0.496 e. The summed E-state index contributed by atoms with van der Waals surface area (Å²) in [5, 5.41) is 3.26. The van der Waals surface area contributed by atoms with Crippen LogP contribution in [0.25, 0.3) is 0 Å². The summed E-state index contributed by atoms with van der Waals surface area (Å²) in [4.78, 5) is 0.281. The van der Waals surface area contributed by atoms with Crippen LogP contribution in [0.15, 0.2) is 23.1 Å². The Morgan fingerprint density at radius 1 is 1.47 bits per heavy atom. The van der Waals surface area contributed by atoms with Gasteiger partial charge in [0.05, 0.1) is 12.0 Å². The van der Waals surface area contributed by atoms with Crippen molar-refractivity contribution in [3.63, 3.8) is 0 Å². The minimum atomic E-state index is -3.44. The predicted molar refractivity (Wildman–Crippen MR) is 73.9 cm³/mol. The number of rotatable bonds is 5. The molecule has 2 N–H and O–H groups in total. The first-order valence-electron chi connectivity index (χ1n) is 6.40. The van der Waals surface area contributed by atoms with Gasteiger partial charge >= 0.3 is 0 Å². The molecule has 1 saturated heterocycles. The number of hydrogen-bond donors (Lipinski definition) is 2. The number of ether oxygens (including phenoxy) is 1. The lowest BCUT2D eigenvalue weighted by Gasteiger charge is -2.13. The van der Waals surface area contributed by atoms with Gasteiger partial charge in [-0.15, -0.1) is 0 Å². The second-order valence-corrected chi connectivity index (χ2v) is 6.54. The van der Waals surface area contributed by atoms with Crippen LogP contribution in [0.4, 0.5) is 0 Å². The van der Waals surface area contributed by atoms with Gasteiger partial charge < -0.3 is 10.1 Å². The maximum absolute atomic E-state index is 12.2. The zero-order valence-electron chi connectivity index (χ0n) is 11.3. The Kier molecular flexibility index (Phi) is 4.44. The Balaban J connectivity index is 2.08. The van der Waals surface area contributed by atoms with Crippen molar-refractivity contribution in [3.8, 4) is 5.75 Å². The lowest BCUT2D eigenvalue weighted by molar-refractivity contribution is 0.411. The highest BCUT2D eigenvalue weighted by Crippen LogP contribution is 2.21. The van der Waals surface area contributed by atoms with Crippen LogP contribution in [-0.2, 0) is 10.0 Å². The number of aryl methyl sites for hydroxylation is 1. The summed E-state index contributed by atoms with van der Waals surface area (Å²) < 4.78 is 32.1. The highest BCUT2D eigenvalue weighted by Gasteiger charge is 2.19. The summed E-state index contributed by atoms with van der Waals surface area (Å²) in [6, 6.07) is 5.12. The van der Waals surface area contributed by atoms with Gasteiger partial charge in [-0.25, -0.2) is 13.1 Å². The molecule has 1 aliphatic rings. The SMILES string of the molecule is COc1ccc(S(=O)(=O)NC[C@H]2CCCN2)cc1C. The van der Waals surface area contributed by atoms with Crippen molar-refractivity contribution in [2.75, 3.05) is 20.2 Å². The number of sulfonamides is 1. The van der Waals surface area contributed by atoms with Crippen molar-refractivity contribution in [1.82, 2.24) is 10.0 Å². The molecule has 0 radical (unpaired) electrons. The number of methoxy groups -OCH3 is 1. The first-order chi connectivity index (χ1) is 9.03. The third-order valence-corrected chi connectivity index (χ3v) is 4.78. The summed E-state index contributed by atoms with van der Waals surface area (Å²) in [6.45, 7) is 3.23. The molecular formula is C13H20N2O3S. The molecule has 106 valence electrons. The number of benzene rings is 1. The van der Waals surface area contributed by atoms with Gasteiger partial charge in [-0.2, -0.15) is 0 Å². The standard InChI is InChI=1S/C13H20N2O3S/c1-10-8-12(5-6-13(10)18-2)19(16,17)15-9-11-4-3-7-14-11/h5-6,8,11,14-15H,3-4,7,9H2,1-2H3/t11-/m1/s1. The summed E-state index contributed by atoms with van der Waals surface area (Å²) in [5.74, 6) is 0.691. The maximum atomic E-state index is 12.2. The van der Waals surface area contributed by atoms with Crippen molar-refractivity contribution < 1.29 is 13.2 Å². The van der Waals surface area contributed by atoms with Gasteiger partial charge in [0.15, 0.2) is 0 Å². The molecule has 0 bridgehead atoms. The third-order valence-electron chi connectivity index (χ3n) is 3.36. The van der Waals surface area contributed by atoms with E-state index < -0.39 is 10.0 Å². The zero-order chi connectivity index (χ0) is 13.9. The smallest absolute Gasteiger partial charge is 0.240 e. The highest BCUT2D eigenvalue weighted by molar-refractivity contribution is 7.89. The van der Waals surface area contributed by atoms with Crippen LogP contribution in [0, 0.1) is 6.92 Å². The first kappa shape index (κ1) is 14.3. The van der Waals surface area contributed by atoms with E-state index in [4.69, 9.17) is 4.74 Å². The van der Waals surface area contributed by atoms with Gasteiger partial charge in [0.1, 0.15) is 5.75 Å². The van der Waals surface area contributed by atoms with Crippen LogP contribution in [0.2, 0.25) is 0 Å². The molecule has 1 heterocycles. The lowest BCUT2D eigenvalue weighted by atomic mass is 10.2. The van der Waals surface area contributed by atoms with Crippen molar-refractivity contribution in [2.45, 2.75) is 30.7 Å². The van der Waals surface area contributed by atoms with Crippen molar-refractivity contribution in [1.29, 1.82) is 0 Å². The fourth-order valence-electron chi connectivity index (χ4n) is 2.24. The van der Waals surface area contributed by atoms with Crippen LogP contribution in [0.1, 0.15) is 18.4 Å². The molecule has 1 fully saturated rings. The largest absolute Gasteiger partial charge is 0.496 e. The van der Waals surface area contributed by atoms with Crippen LogP contribution >= 0.6 is 0 Å². The van der Waals surface area contributed by atoms with Crippen molar-refractivity contribution >= 4 is 10.0 Å². The predicted octanol–water partition coefficient (Wildman–Crippen LogP) is 1.03. The molecule has 1 atom stereocenters. The average molecular weight is 284 g/mol. The summed E-state index contributed by atoms with van der Waals surface area (Å²) in [5.41, 5.74) is 0.810. The van der Waals surface area contributed by atoms with Gasteiger partial charge in [-0.1, -0.05) is 0 Å². The topological polar surface area (TPSA) is 67.4 Å². The van der Waals surface area contributed by atoms with E-state index in [-0.39, 0.29) is 10.9 Å². The van der Waals surface area contributed by atoms with E-state index in [1.54, 1.807) is 25.3 Å². The quantitative estimate of drug-likeness (QED) is 0.847. The monoisotopic (exact) mass is 284 g/mol. The normalized spacial score (nSPS) is 19.6. The Hall–Kier alpha value is -1.11. The zero-order valence-corrected chi connectivity index (χ0v) is 12.1. The van der Waals surface area contributed by atoms with E-state index in [1.165, 1.54) is 0 Å².